The molecule has 2 heterocycles. The average Bonchev–Trinajstić information content (AvgIpc) is 2.79. The van der Waals surface area contributed by atoms with Gasteiger partial charge >= 0.3 is 5.97 Å². The molecule has 1 fully saturated rings. The van der Waals surface area contributed by atoms with Crippen LogP contribution in [0.15, 0.2) is 48.1 Å². The van der Waals surface area contributed by atoms with E-state index < -0.39 is 36.1 Å². The van der Waals surface area contributed by atoms with E-state index in [1.54, 1.807) is 39.0 Å². The van der Waals surface area contributed by atoms with Crippen LogP contribution in [0, 0.1) is 17.8 Å². The van der Waals surface area contributed by atoms with Crippen LogP contribution in [0.4, 0.5) is 0 Å². The molecular weight excluding hydrogens is 450 g/mol. The number of ketones is 1. The summed E-state index contributed by atoms with van der Waals surface area (Å²) < 4.78 is 11.1. The Bertz CT molecular complexity index is 885. The predicted molar refractivity (Wildman–Crippen MR) is 131 cm³/mol. The standard InChI is InChI=1S/C27H37NO7/c1-17(21(29)11-9-10-20-15-23(30)28-24(31)16-20)14-18(2)27-19(3)26(33)22(34-4)12-7-5-6-8-13-25(32)35-27/h7-9,11-14,17,19-20,22,26-27,33H,5-6,10,15-16H2,1-4H3,(H,28,30,31)/b11-9+,12-7+,13-8+,18-14+/t17-,19-,22-,26-,27?/m0/s1. The molecule has 0 aliphatic carbocycles. The molecule has 2 amide bonds. The molecule has 8 nitrogen and oxygen atoms in total. The second-order valence-electron chi connectivity index (χ2n) is 9.30. The third-order valence-corrected chi connectivity index (χ3v) is 6.34. The minimum Gasteiger partial charge on any atom is -0.454 e. The van der Waals surface area contributed by atoms with Gasteiger partial charge in [-0.05, 0) is 43.8 Å². The highest BCUT2D eigenvalue weighted by Crippen LogP contribution is 2.25. The van der Waals surface area contributed by atoms with Crippen molar-refractivity contribution in [2.75, 3.05) is 7.11 Å². The third-order valence-electron chi connectivity index (χ3n) is 6.34. The first kappa shape index (κ1) is 28.4. The normalized spacial score (nSPS) is 30.1. The lowest BCUT2D eigenvalue weighted by molar-refractivity contribution is -0.147. The van der Waals surface area contributed by atoms with E-state index in [9.17, 15) is 24.3 Å². The fraction of sp³-hybridized carbons (Fsp3) is 0.556. The largest absolute Gasteiger partial charge is 0.454 e. The Hall–Kier alpha value is -2.84. The Labute approximate surface area is 207 Å². The summed E-state index contributed by atoms with van der Waals surface area (Å²) in [6, 6.07) is 0. The molecule has 0 aromatic rings. The number of carbonyl (C=O) groups is 4. The fourth-order valence-electron chi connectivity index (χ4n) is 4.31. The second-order valence-corrected chi connectivity index (χ2v) is 9.30. The Kier molecular flexibility index (Phi) is 11.3. The number of hydrogen-bond acceptors (Lipinski definition) is 7. The summed E-state index contributed by atoms with van der Waals surface area (Å²) >= 11 is 0. The smallest absolute Gasteiger partial charge is 0.331 e. The van der Waals surface area contributed by atoms with E-state index in [1.807, 2.05) is 12.2 Å². The van der Waals surface area contributed by atoms with E-state index in [2.05, 4.69) is 5.32 Å². The molecule has 2 N–H and O–H groups in total. The van der Waals surface area contributed by atoms with Crippen LogP contribution in [-0.4, -0.2) is 54.1 Å². The first-order valence-corrected chi connectivity index (χ1v) is 12.1. The molecule has 2 aliphatic rings. The van der Waals surface area contributed by atoms with Gasteiger partial charge in [-0.1, -0.05) is 44.2 Å². The Morgan fingerprint density at radius 2 is 1.89 bits per heavy atom. The summed E-state index contributed by atoms with van der Waals surface area (Å²) in [7, 11) is 1.52. The number of carbonyl (C=O) groups excluding carboxylic acids is 4. The summed E-state index contributed by atoms with van der Waals surface area (Å²) in [5.74, 6) is -2.34. The van der Waals surface area contributed by atoms with E-state index in [1.165, 1.54) is 19.3 Å². The number of piperidine rings is 1. The Morgan fingerprint density at radius 3 is 2.54 bits per heavy atom. The zero-order chi connectivity index (χ0) is 26.0. The van der Waals surface area contributed by atoms with Crippen molar-refractivity contribution in [3.63, 3.8) is 0 Å². The van der Waals surface area contributed by atoms with Crippen LogP contribution in [-0.2, 0) is 28.7 Å². The van der Waals surface area contributed by atoms with Gasteiger partial charge < -0.3 is 14.6 Å². The molecule has 0 aromatic carbocycles. The van der Waals surface area contributed by atoms with Crippen LogP contribution in [0.1, 0.15) is 52.9 Å². The van der Waals surface area contributed by atoms with Crippen LogP contribution in [0.2, 0.25) is 0 Å². The minimum absolute atomic E-state index is 0.110. The van der Waals surface area contributed by atoms with Crippen LogP contribution >= 0.6 is 0 Å². The number of rotatable bonds is 7. The van der Waals surface area contributed by atoms with E-state index in [4.69, 9.17) is 9.47 Å². The fourth-order valence-corrected chi connectivity index (χ4v) is 4.31. The molecule has 35 heavy (non-hydrogen) atoms. The number of aliphatic hydroxyl groups excluding tert-OH is 1. The first-order valence-electron chi connectivity index (χ1n) is 12.1. The van der Waals surface area contributed by atoms with E-state index in [0.29, 0.717) is 24.8 Å². The highest BCUT2D eigenvalue weighted by molar-refractivity contribution is 5.97. The number of hydrogen-bond donors (Lipinski definition) is 2. The van der Waals surface area contributed by atoms with Gasteiger partial charge in [0, 0.05) is 37.9 Å². The summed E-state index contributed by atoms with van der Waals surface area (Å²) in [6.07, 6.45) is 11.9. The summed E-state index contributed by atoms with van der Waals surface area (Å²) in [6.45, 7) is 5.30. The van der Waals surface area contributed by atoms with Gasteiger partial charge in [-0.25, -0.2) is 4.79 Å². The van der Waals surface area contributed by atoms with Gasteiger partial charge in [0.25, 0.3) is 0 Å². The van der Waals surface area contributed by atoms with Crippen molar-refractivity contribution in [2.45, 2.75) is 71.2 Å². The van der Waals surface area contributed by atoms with Gasteiger partial charge in [0.2, 0.25) is 11.8 Å². The van der Waals surface area contributed by atoms with Crippen molar-refractivity contribution in [2.24, 2.45) is 17.8 Å². The summed E-state index contributed by atoms with van der Waals surface area (Å²) in [5, 5.41) is 13.2. The number of cyclic esters (lactones) is 1. The molecule has 5 atom stereocenters. The number of imide groups is 1. The number of nitrogens with one attached hydrogen (secondary N) is 1. The number of amides is 2. The van der Waals surface area contributed by atoms with Crippen LogP contribution < -0.4 is 5.32 Å². The third kappa shape index (κ3) is 9.03. The van der Waals surface area contributed by atoms with Gasteiger partial charge in [-0.3, -0.25) is 19.7 Å². The number of allylic oxidation sites excluding steroid dienone is 5. The minimum atomic E-state index is -0.929. The van der Waals surface area contributed by atoms with Crippen molar-refractivity contribution in [3.05, 3.63) is 48.1 Å². The summed E-state index contributed by atoms with van der Waals surface area (Å²) in [4.78, 5) is 48.0. The molecule has 1 unspecified atom stereocenters. The highest BCUT2D eigenvalue weighted by Gasteiger charge is 2.33. The van der Waals surface area contributed by atoms with Crippen molar-refractivity contribution in [3.8, 4) is 0 Å². The van der Waals surface area contributed by atoms with Gasteiger partial charge in [0.1, 0.15) is 12.2 Å². The molecule has 1 saturated heterocycles. The quantitative estimate of drug-likeness (QED) is 0.245. The maximum absolute atomic E-state index is 12.7. The molecule has 2 aliphatic heterocycles. The number of methoxy groups -OCH3 is 1. The topological polar surface area (TPSA) is 119 Å². The van der Waals surface area contributed by atoms with Crippen molar-refractivity contribution < 1.29 is 33.8 Å². The number of aliphatic hydroxyl groups is 1. The second kappa shape index (κ2) is 13.9. The number of esters is 1. The van der Waals surface area contributed by atoms with Crippen LogP contribution in [0.3, 0.4) is 0 Å². The maximum Gasteiger partial charge on any atom is 0.331 e. The lowest BCUT2D eigenvalue weighted by Crippen LogP contribution is -2.41. The molecule has 0 spiro atoms. The molecule has 0 aromatic heterocycles. The van der Waals surface area contributed by atoms with E-state index in [-0.39, 0.29) is 36.4 Å². The zero-order valence-corrected chi connectivity index (χ0v) is 20.9. The number of ether oxygens (including phenoxy) is 2. The Morgan fingerprint density at radius 1 is 1.23 bits per heavy atom. The van der Waals surface area contributed by atoms with Crippen LogP contribution in [0.25, 0.3) is 0 Å². The molecule has 8 heteroatoms. The Balaban J connectivity index is 2.12. The predicted octanol–water partition coefficient (Wildman–Crippen LogP) is 2.97. The van der Waals surface area contributed by atoms with Crippen molar-refractivity contribution in [1.82, 2.24) is 5.32 Å². The van der Waals surface area contributed by atoms with Crippen molar-refractivity contribution in [1.29, 1.82) is 0 Å². The van der Waals surface area contributed by atoms with E-state index >= 15 is 0 Å². The molecule has 0 saturated carbocycles. The molecule has 192 valence electrons. The summed E-state index contributed by atoms with van der Waals surface area (Å²) in [5.41, 5.74) is 0.651. The maximum atomic E-state index is 12.7. The van der Waals surface area contributed by atoms with Gasteiger partial charge in [-0.15, -0.1) is 0 Å². The van der Waals surface area contributed by atoms with Crippen molar-refractivity contribution >= 4 is 23.6 Å². The molecule has 2 rings (SSSR count). The van der Waals surface area contributed by atoms with Gasteiger partial charge in [0.15, 0.2) is 5.78 Å². The average molecular weight is 488 g/mol. The zero-order valence-electron chi connectivity index (χ0n) is 20.9. The first-order chi connectivity index (χ1) is 16.6. The van der Waals surface area contributed by atoms with Gasteiger partial charge in [-0.2, -0.15) is 0 Å². The highest BCUT2D eigenvalue weighted by atomic mass is 16.5. The molecule has 0 radical (unpaired) electrons. The monoisotopic (exact) mass is 487 g/mol. The van der Waals surface area contributed by atoms with Gasteiger partial charge in [0.05, 0.1) is 6.10 Å². The van der Waals surface area contributed by atoms with Crippen LogP contribution in [0.5, 0.6) is 0 Å². The lowest BCUT2D eigenvalue weighted by atomic mass is 9.87. The molecular formula is C27H37NO7. The molecule has 0 bridgehead atoms. The van der Waals surface area contributed by atoms with E-state index in [0.717, 1.165) is 0 Å². The SMILES string of the molecule is CO[C@H]1/C=C/CC/C=C/C(=O)OC(/C(C)=C/[C@H](C)C(=O)/C=C/CC2CC(=O)NC(=O)C2)[C@@H](C)[C@@H]1O. The lowest BCUT2D eigenvalue weighted by Gasteiger charge is -2.31.